The largest absolute Gasteiger partial charge is 0.756 e. The number of fused-ring (bicyclic) bond motifs is 1. The van der Waals surface area contributed by atoms with Gasteiger partial charge in [0.1, 0.15) is 0 Å². The third-order valence-electron chi connectivity index (χ3n) is 1.91. The highest BCUT2D eigenvalue weighted by Crippen LogP contribution is 2.21. The molecule has 0 atom stereocenters. The average Bonchev–Trinajstić information content (AvgIpc) is 2.07. The molecule has 1 N–H and O–H groups in total. The number of hydrogen-bond donors (Lipinski definition) is 1. The zero-order chi connectivity index (χ0) is 8.55. The van der Waals surface area contributed by atoms with Crippen LogP contribution in [0, 0.1) is 5.21 Å². The third-order valence-corrected chi connectivity index (χ3v) is 1.91. The maximum absolute atomic E-state index is 11.0. The van der Waals surface area contributed by atoms with E-state index in [9.17, 15) is 5.21 Å². The maximum atomic E-state index is 11.0. The van der Waals surface area contributed by atoms with Crippen molar-refractivity contribution in [2.75, 3.05) is 0 Å². The van der Waals surface area contributed by atoms with E-state index in [4.69, 9.17) is 5.11 Å². The minimum atomic E-state index is -0.214. The van der Waals surface area contributed by atoms with Crippen molar-refractivity contribution in [3.8, 4) is 0 Å². The average molecular weight is 162 g/mol. The van der Waals surface area contributed by atoms with Gasteiger partial charge in [0.05, 0.1) is 0 Å². The van der Waals surface area contributed by atoms with Gasteiger partial charge in [-0.1, -0.05) is 24.3 Å². The molecule has 1 aliphatic heterocycles. The summed E-state index contributed by atoms with van der Waals surface area (Å²) in [6, 6.07) is 7.51. The number of aliphatic hydroxyl groups is 1. The van der Waals surface area contributed by atoms with E-state index < -0.39 is 0 Å². The molecule has 1 heterocycles. The molecule has 1 aromatic carbocycles. The van der Waals surface area contributed by atoms with Gasteiger partial charge in [-0.05, 0) is 11.1 Å². The molecule has 0 radical (unpaired) electrons. The van der Waals surface area contributed by atoms with Gasteiger partial charge in [0.15, 0.2) is 5.88 Å². The summed E-state index contributed by atoms with van der Waals surface area (Å²) >= 11 is 0. The summed E-state index contributed by atoms with van der Waals surface area (Å²) in [5, 5.41) is 20.6. The zero-order valence-corrected chi connectivity index (χ0v) is 6.40. The van der Waals surface area contributed by atoms with Crippen LogP contribution in [0.4, 0.5) is 0 Å². The maximum Gasteiger partial charge on any atom is 0.176 e. The number of rotatable bonds is 0. The van der Waals surface area contributed by atoms with Crippen molar-refractivity contribution in [2.45, 2.75) is 6.54 Å². The highest BCUT2D eigenvalue weighted by molar-refractivity contribution is 5.57. The fraction of sp³-hybridized carbons (Fsp3) is 0.111. The van der Waals surface area contributed by atoms with Crippen LogP contribution in [-0.4, -0.2) is 10.2 Å². The molecule has 0 fully saturated rings. The standard InChI is InChI=1S/C9H8NO2/c11-9-5-7-3-1-2-4-8(7)6-10(9)12/h1-5,11H,6H2/q-1. The fourth-order valence-corrected chi connectivity index (χ4v) is 1.27. The second-order valence-electron chi connectivity index (χ2n) is 2.74. The molecule has 12 heavy (non-hydrogen) atoms. The van der Waals surface area contributed by atoms with Crippen LogP contribution in [0.3, 0.4) is 0 Å². The van der Waals surface area contributed by atoms with E-state index in [1.807, 2.05) is 24.3 Å². The minimum absolute atomic E-state index is 0.214. The van der Waals surface area contributed by atoms with Gasteiger partial charge in [0.2, 0.25) is 0 Å². The summed E-state index contributed by atoms with van der Waals surface area (Å²) < 4.78 is 0. The molecule has 0 aliphatic carbocycles. The van der Waals surface area contributed by atoms with Crippen molar-refractivity contribution < 1.29 is 5.11 Å². The highest BCUT2D eigenvalue weighted by Gasteiger charge is 2.08. The Hall–Kier alpha value is -1.48. The first-order valence-corrected chi connectivity index (χ1v) is 3.70. The Labute approximate surface area is 70.1 Å². The van der Waals surface area contributed by atoms with Gasteiger partial charge >= 0.3 is 0 Å². The first-order chi connectivity index (χ1) is 5.77. The number of nitrogens with zero attached hydrogens (tertiary/aromatic N) is 1. The van der Waals surface area contributed by atoms with E-state index in [-0.39, 0.29) is 12.4 Å². The van der Waals surface area contributed by atoms with Crippen LogP contribution in [0.25, 0.3) is 6.08 Å². The molecule has 2 rings (SSSR count). The zero-order valence-electron chi connectivity index (χ0n) is 6.40. The van der Waals surface area contributed by atoms with E-state index >= 15 is 0 Å². The van der Waals surface area contributed by atoms with Gasteiger partial charge in [-0.25, -0.2) is 0 Å². The second kappa shape index (κ2) is 2.53. The lowest BCUT2D eigenvalue weighted by atomic mass is 10.1. The van der Waals surface area contributed by atoms with Crippen molar-refractivity contribution in [2.24, 2.45) is 0 Å². The lowest BCUT2D eigenvalue weighted by Gasteiger charge is -2.32. The fourth-order valence-electron chi connectivity index (χ4n) is 1.27. The van der Waals surface area contributed by atoms with E-state index in [1.54, 1.807) is 0 Å². The van der Waals surface area contributed by atoms with Crippen molar-refractivity contribution in [1.82, 2.24) is 5.06 Å². The molecule has 0 spiro atoms. The molecule has 0 unspecified atom stereocenters. The predicted molar refractivity (Wildman–Crippen MR) is 46.0 cm³/mol. The van der Waals surface area contributed by atoms with E-state index in [0.717, 1.165) is 11.1 Å². The smallest absolute Gasteiger partial charge is 0.176 e. The van der Waals surface area contributed by atoms with Gasteiger partial charge in [0, 0.05) is 12.6 Å². The van der Waals surface area contributed by atoms with Crippen LogP contribution in [0.2, 0.25) is 0 Å². The molecule has 1 aliphatic rings. The topological polar surface area (TPSA) is 46.5 Å². The molecular weight excluding hydrogens is 154 g/mol. The Morgan fingerprint density at radius 3 is 2.92 bits per heavy atom. The van der Waals surface area contributed by atoms with Crippen LogP contribution in [0.1, 0.15) is 11.1 Å². The first-order valence-electron chi connectivity index (χ1n) is 3.70. The molecular formula is C9H8NO2-. The van der Waals surface area contributed by atoms with Gasteiger partial charge in [-0.3, -0.25) is 0 Å². The third kappa shape index (κ3) is 1.04. The first kappa shape index (κ1) is 7.18. The summed E-state index contributed by atoms with van der Waals surface area (Å²) in [6.45, 7) is 0.235. The highest BCUT2D eigenvalue weighted by atomic mass is 16.5. The molecule has 0 saturated heterocycles. The van der Waals surface area contributed by atoms with E-state index in [0.29, 0.717) is 5.06 Å². The number of hydroxylamine groups is 2. The molecule has 1 aromatic rings. The molecule has 3 heteroatoms. The van der Waals surface area contributed by atoms with Crippen molar-refractivity contribution in [3.05, 3.63) is 46.5 Å². The van der Waals surface area contributed by atoms with Crippen LogP contribution in [-0.2, 0) is 6.54 Å². The molecule has 0 amide bonds. The van der Waals surface area contributed by atoms with Crippen molar-refractivity contribution in [3.63, 3.8) is 0 Å². The Kier molecular flexibility index (Phi) is 1.52. The van der Waals surface area contributed by atoms with E-state index in [2.05, 4.69) is 0 Å². The van der Waals surface area contributed by atoms with Crippen molar-refractivity contribution in [1.29, 1.82) is 0 Å². The predicted octanol–water partition coefficient (Wildman–Crippen LogP) is 1.86. The van der Waals surface area contributed by atoms with Gasteiger partial charge < -0.3 is 15.4 Å². The van der Waals surface area contributed by atoms with Crippen LogP contribution in [0.5, 0.6) is 0 Å². The summed E-state index contributed by atoms with van der Waals surface area (Å²) in [5.41, 5.74) is 1.87. The summed E-state index contributed by atoms with van der Waals surface area (Å²) in [6.07, 6.45) is 1.48. The monoisotopic (exact) mass is 162 g/mol. The Balaban J connectivity index is 2.49. The Morgan fingerprint density at radius 1 is 1.33 bits per heavy atom. The Morgan fingerprint density at radius 2 is 2.08 bits per heavy atom. The summed E-state index contributed by atoms with van der Waals surface area (Å²) in [4.78, 5) is 0. The summed E-state index contributed by atoms with van der Waals surface area (Å²) in [7, 11) is 0. The SMILES string of the molecule is [O-]N1Cc2ccccc2C=C1O. The Bertz CT molecular complexity index is 333. The molecule has 0 aromatic heterocycles. The molecule has 62 valence electrons. The van der Waals surface area contributed by atoms with Crippen molar-refractivity contribution >= 4 is 6.08 Å². The number of benzene rings is 1. The van der Waals surface area contributed by atoms with Gasteiger partial charge in [0.25, 0.3) is 0 Å². The quantitative estimate of drug-likeness (QED) is 0.633. The lowest BCUT2D eigenvalue weighted by molar-refractivity contribution is 0.251. The normalized spacial score (nSPS) is 15.4. The summed E-state index contributed by atoms with van der Waals surface area (Å²) in [5.74, 6) is -0.214. The van der Waals surface area contributed by atoms with Crippen LogP contribution in [0.15, 0.2) is 30.1 Å². The lowest BCUT2D eigenvalue weighted by Crippen LogP contribution is -2.18. The van der Waals surface area contributed by atoms with Gasteiger partial charge in [-0.2, -0.15) is 0 Å². The minimum Gasteiger partial charge on any atom is -0.756 e. The molecule has 0 saturated carbocycles. The molecule has 3 nitrogen and oxygen atoms in total. The van der Waals surface area contributed by atoms with Gasteiger partial charge in [-0.15, -0.1) is 0 Å². The number of hydrogen-bond acceptors (Lipinski definition) is 3. The van der Waals surface area contributed by atoms with Crippen LogP contribution < -0.4 is 0 Å². The second-order valence-corrected chi connectivity index (χ2v) is 2.74. The number of aliphatic hydroxyl groups excluding tert-OH is 1. The molecule has 0 bridgehead atoms. The van der Waals surface area contributed by atoms with E-state index in [1.165, 1.54) is 6.08 Å². The van der Waals surface area contributed by atoms with Crippen LogP contribution >= 0.6 is 0 Å².